The highest BCUT2D eigenvalue weighted by atomic mass is 31.2. The Morgan fingerprint density at radius 3 is 1.30 bits per heavy atom. The van der Waals surface area contributed by atoms with E-state index in [9.17, 15) is 19.0 Å². The van der Waals surface area contributed by atoms with Crippen molar-refractivity contribution in [2.24, 2.45) is 5.73 Å². The maximum absolute atomic E-state index is 12.7. The molecule has 0 aliphatic rings. The number of carbonyl (C=O) groups is 2. The number of carboxylic acids is 1. The number of carbonyl (C=O) groups excluding carboxylic acids is 1. The van der Waals surface area contributed by atoms with Gasteiger partial charge < -0.3 is 25.2 Å². The fourth-order valence-corrected chi connectivity index (χ4v) is 8.03. The van der Waals surface area contributed by atoms with Gasteiger partial charge in [-0.2, -0.15) is 0 Å². The molecule has 0 spiro atoms. The first kappa shape index (κ1) is 61.9. The molecule has 0 rings (SSSR count). The number of carboxylic acid groups (broad SMARTS) is 1. The Kier molecular flexibility index (Phi) is 47.3. The molecule has 0 saturated carbocycles. The first-order chi connectivity index (χ1) is 31.2. The summed E-state index contributed by atoms with van der Waals surface area (Å²) in [4.78, 5) is 33.7. The molecule has 0 saturated heterocycles. The number of ether oxygens (including phenoxy) is 2. The van der Waals surface area contributed by atoms with Crippen LogP contribution in [0.5, 0.6) is 0 Å². The van der Waals surface area contributed by atoms with Crippen LogP contribution < -0.4 is 5.73 Å². The van der Waals surface area contributed by atoms with Gasteiger partial charge in [0.25, 0.3) is 0 Å². The van der Waals surface area contributed by atoms with Gasteiger partial charge in [-0.15, -0.1) is 0 Å². The van der Waals surface area contributed by atoms with Crippen LogP contribution in [-0.4, -0.2) is 60.5 Å². The van der Waals surface area contributed by atoms with E-state index in [-0.39, 0.29) is 13.0 Å². The summed E-state index contributed by atoms with van der Waals surface area (Å²) in [7, 11) is -4.63. The number of esters is 1. The SMILES string of the molecule is CCCCCCC/C=C\C/C=C\C/C=C\CCCCCCCCCCC(=O)OC(COCCCCCCCCCC/C=C\CCCCCCCCC)COP(=O)(O)OCC(N)C(=O)O. The molecule has 0 bridgehead atoms. The van der Waals surface area contributed by atoms with Crippen LogP contribution in [-0.2, 0) is 32.7 Å². The third kappa shape index (κ3) is 47.9. The first-order valence-electron chi connectivity index (χ1n) is 26.2. The number of nitrogens with two attached hydrogens (primary N) is 1. The molecule has 0 fully saturated rings. The third-order valence-corrected chi connectivity index (χ3v) is 12.3. The summed E-state index contributed by atoms with van der Waals surface area (Å²) in [6.07, 6.45) is 58.8. The highest BCUT2D eigenvalue weighted by Gasteiger charge is 2.27. The minimum atomic E-state index is -4.63. The zero-order valence-corrected chi connectivity index (χ0v) is 42.0. The van der Waals surface area contributed by atoms with Crippen molar-refractivity contribution in [1.82, 2.24) is 0 Å². The number of allylic oxidation sites excluding steroid dienone is 8. The Balaban J connectivity index is 4.16. The van der Waals surface area contributed by atoms with Crippen molar-refractivity contribution >= 4 is 19.8 Å². The van der Waals surface area contributed by atoms with Crippen molar-refractivity contribution in [2.45, 2.75) is 251 Å². The van der Waals surface area contributed by atoms with E-state index >= 15 is 0 Å². The second kappa shape index (κ2) is 48.9. The average Bonchev–Trinajstić information content (AvgIpc) is 3.28. The molecule has 0 aliphatic carbocycles. The topological polar surface area (TPSA) is 155 Å². The van der Waals surface area contributed by atoms with Crippen molar-refractivity contribution in [2.75, 3.05) is 26.4 Å². The molecule has 0 aromatic rings. The summed E-state index contributed by atoms with van der Waals surface area (Å²) in [5, 5.41) is 8.93. The summed E-state index contributed by atoms with van der Waals surface area (Å²) >= 11 is 0. The van der Waals surface area contributed by atoms with Crippen LogP contribution >= 0.6 is 7.82 Å². The monoisotopic (exact) mass is 924 g/mol. The fraction of sp³-hybridized carbons (Fsp3) is 0.811. The number of unbranched alkanes of at least 4 members (excludes halogenated alkanes) is 28. The van der Waals surface area contributed by atoms with Crippen LogP contribution in [0.1, 0.15) is 239 Å². The molecule has 4 N–H and O–H groups in total. The molecule has 0 aromatic heterocycles. The number of phosphoric ester groups is 1. The van der Waals surface area contributed by atoms with E-state index in [1.807, 2.05) is 0 Å². The molecular formula is C53H98NO9P. The van der Waals surface area contributed by atoms with Crippen molar-refractivity contribution in [1.29, 1.82) is 0 Å². The van der Waals surface area contributed by atoms with Gasteiger partial charge in [-0.25, -0.2) is 4.57 Å². The Morgan fingerprint density at radius 2 is 0.859 bits per heavy atom. The van der Waals surface area contributed by atoms with Crippen LogP contribution in [0, 0.1) is 0 Å². The van der Waals surface area contributed by atoms with E-state index in [4.69, 9.17) is 29.4 Å². The lowest BCUT2D eigenvalue weighted by atomic mass is 10.1. The smallest absolute Gasteiger partial charge is 0.472 e. The lowest BCUT2D eigenvalue weighted by molar-refractivity contribution is -0.154. The standard InChI is InChI=1S/C53H98NO9P/c1-3-5-7-9-11-13-15-17-19-21-23-24-25-26-27-29-31-33-35-37-39-41-43-45-52(55)63-50(48-61-64(58,59)62-49-51(54)53(56)57)47-60-46-44-42-40-38-36-34-32-30-28-22-20-18-16-14-12-10-8-6-4-2/h15,17,20-23,25-26,50-51H,3-14,16,18-19,24,27-49,54H2,1-2H3,(H,56,57)(H,58,59)/b17-15-,22-20-,23-21-,26-25-. The zero-order valence-electron chi connectivity index (χ0n) is 41.1. The summed E-state index contributed by atoms with van der Waals surface area (Å²) in [5.74, 6) is -1.78. The fourth-order valence-electron chi connectivity index (χ4n) is 7.25. The van der Waals surface area contributed by atoms with E-state index in [0.29, 0.717) is 13.0 Å². The maximum atomic E-state index is 12.7. The number of phosphoric acid groups is 1. The highest BCUT2D eigenvalue weighted by molar-refractivity contribution is 7.47. The Morgan fingerprint density at radius 1 is 0.500 bits per heavy atom. The van der Waals surface area contributed by atoms with Gasteiger partial charge >= 0.3 is 19.8 Å². The van der Waals surface area contributed by atoms with Gasteiger partial charge in [0.1, 0.15) is 12.1 Å². The molecular weight excluding hydrogens is 826 g/mol. The second-order valence-corrected chi connectivity index (χ2v) is 19.1. The van der Waals surface area contributed by atoms with Gasteiger partial charge in [0.05, 0.1) is 19.8 Å². The second-order valence-electron chi connectivity index (χ2n) is 17.6. The van der Waals surface area contributed by atoms with E-state index in [1.165, 1.54) is 154 Å². The van der Waals surface area contributed by atoms with Crippen molar-refractivity contribution in [3.05, 3.63) is 48.6 Å². The van der Waals surface area contributed by atoms with Crippen LogP contribution in [0.4, 0.5) is 0 Å². The van der Waals surface area contributed by atoms with Crippen LogP contribution in [0.3, 0.4) is 0 Å². The molecule has 64 heavy (non-hydrogen) atoms. The van der Waals surface area contributed by atoms with E-state index < -0.39 is 45.1 Å². The number of hydrogen-bond donors (Lipinski definition) is 3. The van der Waals surface area contributed by atoms with E-state index in [2.05, 4.69) is 62.5 Å². The van der Waals surface area contributed by atoms with Crippen molar-refractivity contribution in [3.63, 3.8) is 0 Å². The molecule has 11 heteroatoms. The summed E-state index contributed by atoms with van der Waals surface area (Å²) in [6.45, 7) is 3.88. The Labute approximate surface area is 392 Å². The number of aliphatic carboxylic acids is 1. The third-order valence-electron chi connectivity index (χ3n) is 11.3. The van der Waals surface area contributed by atoms with Gasteiger partial charge in [-0.05, 0) is 77.0 Å². The van der Waals surface area contributed by atoms with Crippen LogP contribution in [0.25, 0.3) is 0 Å². The predicted octanol–water partition coefficient (Wildman–Crippen LogP) is 15.4. The summed E-state index contributed by atoms with van der Waals surface area (Å²) in [6, 6.07) is -1.48. The Hall–Kier alpha value is -2.07. The largest absolute Gasteiger partial charge is 0.480 e. The normalized spacial score (nSPS) is 14.1. The minimum absolute atomic E-state index is 0.0118. The van der Waals surface area contributed by atoms with E-state index in [0.717, 1.165) is 57.8 Å². The molecule has 3 unspecified atom stereocenters. The molecule has 0 radical (unpaired) electrons. The molecule has 0 aromatic carbocycles. The lowest BCUT2D eigenvalue weighted by Gasteiger charge is -2.20. The molecule has 0 aliphatic heterocycles. The van der Waals surface area contributed by atoms with Crippen LogP contribution in [0.2, 0.25) is 0 Å². The predicted molar refractivity (Wildman–Crippen MR) is 268 cm³/mol. The van der Waals surface area contributed by atoms with Crippen molar-refractivity contribution in [3.8, 4) is 0 Å². The van der Waals surface area contributed by atoms with Crippen LogP contribution in [0.15, 0.2) is 48.6 Å². The van der Waals surface area contributed by atoms with Gasteiger partial charge in [0, 0.05) is 13.0 Å². The first-order valence-corrected chi connectivity index (χ1v) is 27.7. The molecule has 10 nitrogen and oxygen atoms in total. The van der Waals surface area contributed by atoms with E-state index in [1.54, 1.807) is 0 Å². The highest BCUT2D eigenvalue weighted by Crippen LogP contribution is 2.43. The summed E-state index contributed by atoms with van der Waals surface area (Å²) in [5.41, 5.74) is 5.38. The number of hydrogen-bond acceptors (Lipinski definition) is 8. The summed E-state index contributed by atoms with van der Waals surface area (Å²) < 4.78 is 33.5. The minimum Gasteiger partial charge on any atom is -0.480 e. The Bertz CT molecular complexity index is 1210. The average molecular weight is 924 g/mol. The van der Waals surface area contributed by atoms with Crippen molar-refractivity contribution < 1.29 is 42.7 Å². The quantitative estimate of drug-likeness (QED) is 0.0232. The zero-order chi connectivity index (χ0) is 46.9. The molecule has 0 heterocycles. The molecule has 0 amide bonds. The molecule has 374 valence electrons. The van der Waals surface area contributed by atoms with Gasteiger partial charge in [0.2, 0.25) is 0 Å². The van der Waals surface area contributed by atoms with Gasteiger partial charge in [0.15, 0.2) is 0 Å². The van der Waals surface area contributed by atoms with Gasteiger partial charge in [-0.3, -0.25) is 18.6 Å². The van der Waals surface area contributed by atoms with Gasteiger partial charge in [-0.1, -0.05) is 204 Å². The number of rotatable bonds is 50. The molecule has 3 atom stereocenters. The lowest BCUT2D eigenvalue weighted by Crippen LogP contribution is -2.34. The maximum Gasteiger partial charge on any atom is 0.472 e.